The number of hydrogen-bond acceptors (Lipinski definition) is 5. The van der Waals surface area contributed by atoms with Gasteiger partial charge in [0.1, 0.15) is 12.3 Å². The molecule has 5 N–H and O–H groups in total. The number of dihydropyridines is 1. The van der Waals surface area contributed by atoms with Crippen LogP contribution in [0, 0.1) is 0 Å². The zero-order valence-corrected chi connectivity index (χ0v) is 14.6. The van der Waals surface area contributed by atoms with Gasteiger partial charge in [-0.1, -0.05) is 30.3 Å². The molecule has 2 heterocycles. The molecule has 0 spiro atoms. The Balaban J connectivity index is 1.89. The van der Waals surface area contributed by atoms with Gasteiger partial charge in [-0.3, -0.25) is 4.79 Å². The number of primary amides is 1. The number of nitrogens with zero attached hydrogens (tertiary/aromatic N) is 1. The normalized spacial score (nSPS) is 25.4. The van der Waals surface area contributed by atoms with Crippen molar-refractivity contribution in [3.63, 3.8) is 0 Å². The molecule has 0 fully saturated rings. The van der Waals surface area contributed by atoms with Gasteiger partial charge in [0.2, 0.25) is 0 Å². The van der Waals surface area contributed by atoms with Crippen molar-refractivity contribution in [2.24, 2.45) is 16.5 Å². The lowest BCUT2D eigenvalue weighted by Crippen LogP contribution is -2.34. The van der Waals surface area contributed by atoms with Crippen LogP contribution >= 0.6 is 0 Å². The van der Waals surface area contributed by atoms with Crippen molar-refractivity contribution < 1.29 is 9.53 Å². The Morgan fingerprint density at radius 2 is 2.16 bits per heavy atom. The van der Waals surface area contributed by atoms with E-state index in [0.717, 1.165) is 24.1 Å². The first-order chi connectivity index (χ1) is 11.9. The summed E-state index contributed by atoms with van der Waals surface area (Å²) < 4.78 is 5.22. The van der Waals surface area contributed by atoms with Gasteiger partial charge in [0, 0.05) is 11.1 Å². The van der Waals surface area contributed by atoms with Crippen molar-refractivity contribution in [1.29, 1.82) is 0 Å². The molecule has 1 amide bonds. The molecule has 6 nitrogen and oxygen atoms in total. The van der Waals surface area contributed by atoms with Gasteiger partial charge in [-0.15, -0.1) is 0 Å². The average molecular weight is 340 g/mol. The zero-order valence-electron chi connectivity index (χ0n) is 14.6. The highest BCUT2D eigenvalue weighted by atomic mass is 16.5. The average Bonchev–Trinajstić information content (AvgIpc) is 2.98. The summed E-state index contributed by atoms with van der Waals surface area (Å²) in [5.74, 6) is -0.455. The molecule has 0 bridgehead atoms. The van der Waals surface area contributed by atoms with Crippen LogP contribution in [0.5, 0.6) is 0 Å². The number of allylic oxidation sites excluding steroid dienone is 3. The Labute approximate surface area is 147 Å². The van der Waals surface area contributed by atoms with Crippen molar-refractivity contribution in [3.05, 3.63) is 58.9 Å². The summed E-state index contributed by atoms with van der Waals surface area (Å²) in [5, 5.41) is 3.04. The van der Waals surface area contributed by atoms with Crippen molar-refractivity contribution in [2.45, 2.75) is 38.1 Å². The van der Waals surface area contributed by atoms with Crippen molar-refractivity contribution >= 4 is 11.9 Å². The quantitative estimate of drug-likeness (QED) is 0.755. The molecular formula is C19H24N4O2. The first-order valence-electron chi connectivity index (χ1n) is 8.41. The van der Waals surface area contributed by atoms with Gasteiger partial charge < -0.3 is 21.5 Å². The highest BCUT2D eigenvalue weighted by molar-refractivity contribution is 5.92. The van der Waals surface area contributed by atoms with Gasteiger partial charge in [-0.05, 0) is 43.9 Å². The van der Waals surface area contributed by atoms with Crippen LogP contribution in [0.1, 0.15) is 31.4 Å². The number of nitrogens with two attached hydrogens (primary N) is 2. The molecule has 25 heavy (non-hydrogen) atoms. The number of carbonyl (C=O) groups excluding carboxylic acids is 1. The number of amidine groups is 1. The predicted octanol–water partition coefficient (Wildman–Crippen LogP) is 1.47. The Hall–Kier alpha value is -2.76. The molecule has 1 aromatic carbocycles. The number of carbonyl (C=O) groups is 1. The second-order valence-electron chi connectivity index (χ2n) is 6.79. The van der Waals surface area contributed by atoms with Gasteiger partial charge >= 0.3 is 0 Å². The molecule has 0 radical (unpaired) electrons. The Bertz CT molecular complexity index is 781. The first-order valence-corrected chi connectivity index (χ1v) is 8.41. The van der Waals surface area contributed by atoms with Gasteiger partial charge in [-0.25, -0.2) is 4.99 Å². The zero-order chi connectivity index (χ0) is 18.0. The highest BCUT2D eigenvalue weighted by Crippen LogP contribution is 2.34. The van der Waals surface area contributed by atoms with Crippen molar-refractivity contribution in [3.8, 4) is 0 Å². The highest BCUT2D eigenvalue weighted by Gasteiger charge is 2.29. The van der Waals surface area contributed by atoms with Crippen LogP contribution in [-0.2, 0) is 21.4 Å². The molecule has 2 aliphatic heterocycles. The molecular weight excluding hydrogens is 316 g/mol. The van der Waals surface area contributed by atoms with Gasteiger partial charge in [-0.2, -0.15) is 0 Å². The number of aliphatic imine (C=N–C) groups is 1. The van der Waals surface area contributed by atoms with Crippen LogP contribution in [0.3, 0.4) is 0 Å². The number of ether oxygens (including phenoxy) is 1. The minimum Gasteiger partial charge on any atom is -0.463 e. The minimum atomic E-state index is -0.455. The second kappa shape index (κ2) is 6.63. The third kappa shape index (κ3) is 3.68. The monoisotopic (exact) mass is 340 g/mol. The molecule has 2 aliphatic rings. The largest absolute Gasteiger partial charge is 0.463 e. The van der Waals surface area contributed by atoms with E-state index in [2.05, 4.69) is 35.4 Å². The predicted molar refractivity (Wildman–Crippen MR) is 97.6 cm³/mol. The number of rotatable bonds is 5. The van der Waals surface area contributed by atoms with Crippen LogP contribution in [0.2, 0.25) is 0 Å². The minimum absolute atomic E-state index is 0.0999. The molecule has 0 saturated heterocycles. The standard InChI is InChI=1S/C19H24N4O2/c1-12-9-19(2,10-16(22-12)17(20)24)15-6-4-3-5-13(15)7-8-14-11-25-18(21)23-14/h3-6,9-10,14,22H,7-8,11H2,1-2H3,(H2,20,24)(H2,21,23). The fourth-order valence-corrected chi connectivity index (χ4v) is 3.53. The summed E-state index contributed by atoms with van der Waals surface area (Å²) >= 11 is 0. The summed E-state index contributed by atoms with van der Waals surface area (Å²) in [5.41, 5.74) is 14.4. The summed E-state index contributed by atoms with van der Waals surface area (Å²) in [4.78, 5) is 15.9. The maximum atomic E-state index is 11.7. The maximum Gasteiger partial charge on any atom is 0.282 e. The topological polar surface area (TPSA) is 103 Å². The van der Waals surface area contributed by atoms with E-state index in [4.69, 9.17) is 16.2 Å². The fourth-order valence-electron chi connectivity index (χ4n) is 3.53. The number of hydrogen-bond donors (Lipinski definition) is 3. The van der Waals surface area contributed by atoms with Crippen LogP contribution in [0.4, 0.5) is 0 Å². The van der Waals surface area contributed by atoms with Crippen LogP contribution < -0.4 is 16.8 Å². The van der Waals surface area contributed by atoms with Crippen LogP contribution in [0.25, 0.3) is 0 Å². The van der Waals surface area contributed by atoms with Crippen molar-refractivity contribution in [2.75, 3.05) is 6.61 Å². The molecule has 2 unspecified atom stereocenters. The lowest BCUT2D eigenvalue weighted by Gasteiger charge is -2.31. The summed E-state index contributed by atoms with van der Waals surface area (Å²) in [7, 11) is 0. The Morgan fingerprint density at radius 3 is 2.84 bits per heavy atom. The lowest BCUT2D eigenvalue weighted by molar-refractivity contribution is -0.114. The maximum absolute atomic E-state index is 11.7. The number of benzene rings is 1. The smallest absolute Gasteiger partial charge is 0.282 e. The van der Waals surface area contributed by atoms with Gasteiger partial charge in [0.25, 0.3) is 11.9 Å². The molecule has 1 aromatic rings. The van der Waals surface area contributed by atoms with E-state index >= 15 is 0 Å². The van der Waals surface area contributed by atoms with E-state index in [1.165, 1.54) is 5.56 Å². The molecule has 3 rings (SSSR count). The third-order valence-corrected chi connectivity index (χ3v) is 4.64. The molecule has 2 atom stereocenters. The van der Waals surface area contributed by atoms with Crippen LogP contribution in [0.15, 0.2) is 52.8 Å². The number of nitrogens with one attached hydrogen (secondary N) is 1. The van der Waals surface area contributed by atoms with Crippen LogP contribution in [-0.4, -0.2) is 24.6 Å². The van der Waals surface area contributed by atoms with Gasteiger partial charge in [0.15, 0.2) is 0 Å². The Morgan fingerprint density at radius 1 is 1.40 bits per heavy atom. The van der Waals surface area contributed by atoms with Gasteiger partial charge in [0.05, 0.1) is 6.04 Å². The molecule has 6 heteroatoms. The molecule has 0 aliphatic carbocycles. The van der Waals surface area contributed by atoms with Crippen molar-refractivity contribution in [1.82, 2.24) is 5.32 Å². The number of amides is 1. The van der Waals surface area contributed by atoms with E-state index in [9.17, 15) is 4.79 Å². The first kappa shape index (κ1) is 17.1. The fraction of sp³-hybridized carbons (Fsp3) is 0.368. The SMILES string of the molecule is CC1=CC(C)(c2ccccc2CCC2COC(N)=N2)C=C(C(N)=O)N1. The number of aryl methyl sites for hydroxylation is 1. The molecule has 0 aromatic heterocycles. The Kier molecular flexibility index (Phi) is 4.53. The lowest BCUT2D eigenvalue weighted by atomic mass is 9.76. The summed E-state index contributed by atoms with van der Waals surface area (Å²) in [6.45, 7) is 4.57. The second-order valence-corrected chi connectivity index (χ2v) is 6.79. The van der Waals surface area contributed by atoms with E-state index in [1.54, 1.807) is 0 Å². The van der Waals surface area contributed by atoms with E-state index in [-0.39, 0.29) is 12.1 Å². The summed E-state index contributed by atoms with van der Waals surface area (Å²) in [6.07, 6.45) is 5.74. The molecule has 132 valence electrons. The van der Waals surface area contributed by atoms with E-state index < -0.39 is 11.3 Å². The van der Waals surface area contributed by atoms with E-state index in [0.29, 0.717) is 12.3 Å². The third-order valence-electron chi connectivity index (χ3n) is 4.64. The van der Waals surface area contributed by atoms with E-state index in [1.807, 2.05) is 25.1 Å². The molecule has 0 saturated carbocycles. The summed E-state index contributed by atoms with van der Waals surface area (Å²) in [6, 6.07) is 8.64.